The Hall–Kier alpha value is -3.07. The van der Waals surface area contributed by atoms with Gasteiger partial charge in [-0.05, 0) is 60.0 Å². The molecule has 1 aliphatic rings. The van der Waals surface area contributed by atoms with E-state index in [0.717, 1.165) is 15.8 Å². The highest BCUT2D eigenvalue weighted by Gasteiger charge is 2.28. The van der Waals surface area contributed by atoms with Crippen LogP contribution in [0.3, 0.4) is 0 Å². The molecule has 0 spiro atoms. The molecular weight excluding hydrogens is 430 g/mol. The molecule has 0 saturated heterocycles. The molecule has 8 heteroatoms. The molecule has 0 aliphatic carbocycles. The number of sulfonamides is 1. The minimum atomic E-state index is -3.63. The van der Waals surface area contributed by atoms with Gasteiger partial charge < -0.3 is 5.32 Å². The third-order valence-corrected chi connectivity index (χ3v) is 8.09. The standard InChI is InChI=1S/C23H19N3O3S2/c27-23(25-19-7-10-21-22(13-19)30-15-24-21)17-5-8-20(9-6-17)31(28,29)26-12-11-16-3-1-2-4-18(16)14-26/h1-10,13,15H,11-12,14H2,(H,25,27). The normalized spacial score (nSPS) is 14.3. The van der Waals surface area contributed by atoms with Crippen LogP contribution in [0.5, 0.6) is 0 Å². The molecule has 5 rings (SSSR count). The lowest BCUT2D eigenvalue weighted by molar-refractivity contribution is 0.102. The summed E-state index contributed by atoms with van der Waals surface area (Å²) in [5, 5.41) is 2.85. The van der Waals surface area contributed by atoms with Gasteiger partial charge in [0, 0.05) is 24.3 Å². The number of hydrogen-bond donors (Lipinski definition) is 1. The van der Waals surface area contributed by atoms with E-state index in [1.165, 1.54) is 33.3 Å². The topological polar surface area (TPSA) is 79.4 Å². The number of nitrogens with one attached hydrogen (secondary N) is 1. The second-order valence-corrected chi connectivity index (χ2v) is 10.2. The molecular formula is C23H19N3O3S2. The van der Waals surface area contributed by atoms with E-state index in [0.29, 0.717) is 30.8 Å². The van der Waals surface area contributed by atoms with Crippen LogP contribution in [0.2, 0.25) is 0 Å². The molecule has 0 fully saturated rings. The van der Waals surface area contributed by atoms with E-state index in [1.807, 2.05) is 36.4 Å². The summed E-state index contributed by atoms with van der Waals surface area (Å²) in [6.07, 6.45) is 0.694. The lowest BCUT2D eigenvalue weighted by Gasteiger charge is -2.28. The highest BCUT2D eigenvalue weighted by molar-refractivity contribution is 7.89. The summed E-state index contributed by atoms with van der Waals surface area (Å²) in [5.74, 6) is -0.292. The first-order valence-corrected chi connectivity index (χ1v) is 12.1. The summed E-state index contributed by atoms with van der Waals surface area (Å²) >= 11 is 1.50. The second-order valence-electron chi connectivity index (χ2n) is 7.37. The fourth-order valence-corrected chi connectivity index (χ4v) is 5.87. The van der Waals surface area contributed by atoms with Crippen LogP contribution >= 0.6 is 11.3 Å². The van der Waals surface area contributed by atoms with Gasteiger partial charge in [0.25, 0.3) is 5.91 Å². The van der Waals surface area contributed by atoms with E-state index in [2.05, 4.69) is 10.3 Å². The first-order valence-electron chi connectivity index (χ1n) is 9.82. The molecule has 31 heavy (non-hydrogen) atoms. The summed E-state index contributed by atoms with van der Waals surface area (Å²) in [6, 6.07) is 19.5. The summed E-state index contributed by atoms with van der Waals surface area (Å²) < 4.78 is 28.7. The van der Waals surface area contributed by atoms with Crippen molar-refractivity contribution in [3.63, 3.8) is 0 Å². The van der Waals surface area contributed by atoms with Crippen LogP contribution in [-0.4, -0.2) is 30.2 Å². The van der Waals surface area contributed by atoms with Crippen LogP contribution in [0.4, 0.5) is 5.69 Å². The summed E-state index contributed by atoms with van der Waals surface area (Å²) in [6.45, 7) is 0.808. The Morgan fingerprint density at radius 2 is 1.77 bits per heavy atom. The first kappa shape index (κ1) is 19.9. The van der Waals surface area contributed by atoms with Crippen molar-refractivity contribution in [2.75, 3.05) is 11.9 Å². The Morgan fingerprint density at radius 1 is 1.00 bits per heavy atom. The average molecular weight is 450 g/mol. The van der Waals surface area contributed by atoms with Crippen molar-refractivity contribution < 1.29 is 13.2 Å². The van der Waals surface area contributed by atoms with Gasteiger partial charge in [0.15, 0.2) is 0 Å². The number of fused-ring (bicyclic) bond motifs is 2. The number of carbonyl (C=O) groups is 1. The molecule has 6 nitrogen and oxygen atoms in total. The zero-order valence-electron chi connectivity index (χ0n) is 16.5. The Balaban J connectivity index is 1.32. The summed E-state index contributed by atoms with van der Waals surface area (Å²) in [7, 11) is -3.63. The van der Waals surface area contributed by atoms with Gasteiger partial charge >= 0.3 is 0 Å². The highest BCUT2D eigenvalue weighted by atomic mass is 32.2. The number of nitrogens with zero attached hydrogens (tertiary/aromatic N) is 2. The quantitative estimate of drug-likeness (QED) is 0.504. The number of rotatable bonds is 4. The van der Waals surface area contributed by atoms with Gasteiger partial charge in [-0.25, -0.2) is 13.4 Å². The maximum atomic E-state index is 13.1. The van der Waals surface area contributed by atoms with Crippen molar-refractivity contribution in [3.8, 4) is 0 Å². The third kappa shape index (κ3) is 3.85. The summed E-state index contributed by atoms with van der Waals surface area (Å²) in [5.41, 5.74) is 5.94. The van der Waals surface area contributed by atoms with Crippen molar-refractivity contribution in [2.24, 2.45) is 0 Å². The smallest absolute Gasteiger partial charge is 0.255 e. The number of carbonyl (C=O) groups excluding carboxylic acids is 1. The van der Waals surface area contributed by atoms with Crippen LogP contribution < -0.4 is 5.32 Å². The van der Waals surface area contributed by atoms with Crippen LogP contribution in [0.25, 0.3) is 10.2 Å². The van der Waals surface area contributed by atoms with Crippen molar-refractivity contribution in [1.82, 2.24) is 9.29 Å². The maximum Gasteiger partial charge on any atom is 0.255 e. The maximum absolute atomic E-state index is 13.1. The molecule has 0 bridgehead atoms. The number of hydrogen-bond acceptors (Lipinski definition) is 5. The fraction of sp³-hybridized carbons (Fsp3) is 0.130. The van der Waals surface area contributed by atoms with Gasteiger partial charge in [-0.15, -0.1) is 11.3 Å². The van der Waals surface area contributed by atoms with Crippen LogP contribution in [-0.2, 0) is 23.0 Å². The molecule has 1 amide bonds. The van der Waals surface area contributed by atoms with Gasteiger partial charge in [0.05, 0.1) is 20.6 Å². The zero-order chi connectivity index (χ0) is 21.4. The second kappa shape index (κ2) is 7.88. The van der Waals surface area contributed by atoms with Gasteiger partial charge in [-0.3, -0.25) is 4.79 Å². The fourth-order valence-electron chi connectivity index (χ4n) is 3.74. The number of benzene rings is 3. The largest absolute Gasteiger partial charge is 0.322 e. The van der Waals surface area contributed by atoms with Crippen LogP contribution in [0.15, 0.2) is 77.1 Å². The number of amides is 1. The molecule has 0 radical (unpaired) electrons. The predicted molar refractivity (Wildman–Crippen MR) is 122 cm³/mol. The molecule has 0 saturated carbocycles. The monoisotopic (exact) mass is 449 g/mol. The van der Waals surface area contributed by atoms with Crippen molar-refractivity contribution in [2.45, 2.75) is 17.9 Å². The van der Waals surface area contributed by atoms with Crippen LogP contribution in [0, 0.1) is 0 Å². The SMILES string of the molecule is O=C(Nc1ccc2ncsc2c1)c1ccc(S(=O)(=O)N2CCc3ccccc3C2)cc1. The van der Waals surface area contributed by atoms with Crippen molar-refractivity contribution in [1.29, 1.82) is 0 Å². The lowest BCUT2D eigenvalue weighted by atomic mass is 10.0. The van der Waals surface area contributed by atoms with E-state index in [1.54, 1.807) is 23.7 Å². The molecule has 2 heterocycles. The molecule has 0 atom stereocenters. The van der Waals surface area contributed by atoms with Crippen molar-refractivity contribution in [3.05, 3.63) is 88.9 Å². The zero-order valence-corrected chi connectivity index (χ0v) is 18.1. The lowest BCUT2D eigenvalue weighted by Crippen LogP contribution is -2.35. The van der Waals surface area contributed by atoms with E-state index in [9.17, 15) is 13.2 Å². The Labute approximate surface area is 184 Å². The first-order chi connectivity index (χ1) is 15.0. The molecule has 1 N–H and O–H groups in total. The van der Waals surface area contributed by atoms with E-state index < -0.39 is 10.0 Å². The number of thiazole rings is 1. The molecule has 1 aliphatic heterocycles. The Morgan fingerprint density at radius 3 is 2.58 bits per heavy atom. The summed E-state index contributed by atoms with van der Waals surface area (Å²) in [4.78, 5) is 17.0. The third-order valence-electron chi connectivity index (χ3n) is 5.44. The van der Waals surface area contributed by atoms with Gasteiger partial charge in [0.1, 0.15) is 0 Å². The molecule has 3 aromatic carbocycles. The number of anilines is 1. The highest BCUT2D eigenvalue weighted by Crippen LogP contribution is 2.26. The minimum Gasteiger partial charge on any atom is -0.322 e. The Bertz CT molecular complexity index is 1380. The van der Waals surface area contributed by atoms with Crippen LogP contribution in [0.1, 0.15) is 21.5 Å². The average Bonchev–Trinajstić information content (AvgIpc) is 3.27. The van der Waals surface area contributed by atoms with E-state index >= 15 is 0 Å². The van der Waals surface area contributed by atoms with Gasteiger partial charge in [-0.1, -0.05) is 24.3 Å². The molecule has 0 unspecified atom stereocenters. The van der Waals surface area contributed by atoms with E-state index in [-0.39, 0.29) is 10.8 Å². The Kier molecular flexibility index (Phi) is 5.05. The molecule has 156 valence electrons. The number of aromatic nitrogens is 1. The van der Waals surface area contributed by atoms with E-state index in [4.69, 9.17) is 0 Å². The predicted octanol–water partition coefficient (Wildman–Crippen LogP) is 4.30. The molecule has 4 aromatic rings. The van der Waals surface area contributed by atoms with Crippen molar-refractivity contribution >= 4 is 43.2 Å². The molecule has 1 aromatic heterocycles. The van der Waals surface area contributed by atoms with Gasteiger partial charge in [0.2, 0.25) is 10.0 Å². The van der Waals surface area contributed by atoms with Gasteiger partial charge in [-0.2, -0.15) is 4.31 Å². The minimum absolute atomic E-state index is 0.189.